The minimum atomic E-state index is -0.468. The smallest absolute Gasteiger partial charge is 0.271 e. The first-order chi connectivity index (χ1) is 16.2. The number of H-pyrrole nitrogens is 1. The van der Waals surface area contributed by atoms with Crippen molar-refractivity contribution in [3.05, 3.63) is 87.7 Å². The maximum Gasteiger partial charge on any atom is 0.271 e. The number of carbonyl (C=O) groups excluding carboxylic acids is 2. The summed E-state index contributed by atoms with van der Waals surface area (Å²) in [7, 11) is 0. The van der Waals surface area contributed by atoms with Gasteiger partial charge in [-0.25, -0.2) is 4.39 Å². The molecule has 0 aliphatic carbocycles. The molecule has 8 nitrogen and oxygen atoms in total. The van der Waals surface area contributed by atoms with Crippen LogP contribution in [0.3, 0.4) is 0 Å². The Morgan fingerprint density at radius 1 is 1.06 bits per heavy atom. The highest BCUT2D eigenvalue weighted by Gasteiger charge is 2.18. The van der Waals surface area contributed by atoms with Gasteiger partial charge in [0.15, 0.2) is 10.6 Å². The number of nitrogens with one attached hydrogen (secondary N) is 3. The van der Waals surface area contributed by atoms with Crippen LogP contribution in [0.1, 0.15) is 27.3 Å². The van der Waals surface area contributed by atoms with Gasteiger partial charge in [-0.3, -0.25) is 30.1 Å². The van der Waals surface area contributed by atoms with E-state index in [-0.39, 0.29) is 12.4 Å². The van der Waals surface area contributed by atoms with E-state index in [1.165, 1.54) is 12.1 Å². The molecule has 4 aromatic rings. The lowest BCUT2D eigenvalue weighted by atomic mass is 10.1. The van der Waals surface area contributed by atoms with Gasteiger partial charge in [0.1, 0.15) is 12.4 Å². The van der Waals surface area contributed by atoms with Crippen LogP contribution < -0.4 is 10.9 Å². The van der Waals surface area contributed by atoms with Crippen LogP contribution in [0.25, 0.3) is 17.1 Å². The van der Waals surface area contributed by atoms with E-state index in [2.05, 4.69) is 21.0 Å². The van der Waals surface area contributed by atoms with E-state index in [9.17, 15) is 14.0 Å². The van der Waals surface area contributed by atoms with Crippen molar-refractivity contribution in [2.45, 2.75) is 27.3 Å². The maximum absolute atomic E-state index is 13.3. The van der Waals surface area contributed by atoms with Gasteiger partial charge in [-0.1, -0.05) is 23.8 Å². The normalized spacial score (nSPS) is 10.8. The minimum Gasteiger partial charge on any atom is -0.318 e. The molecular weight excluding hydrogens is 455 g/mol. The van der Waals surface area contributed by atoms with E-state index in [4.69, 9.17) is 12.2 Å². The number of amides is 2. The number of aromatic nitrogens is 4. The molecule has 10 heteroatoms. The Balaban J connectivity index is 1.46. The average molecular weight is 479 g/mol. The van der Waals surface area contributed by atoms with Crippen LogP contribution >= 0.6 is 12.2 Å². The molecule has 0 saturated heterocycles. The first-order valence-electron chi connectivity index (χ1n) is 10.5. The van der Waals surface area contributed by atoms with Crippen LogP contribution in [0.4, 0.5) is 4.39 Å². The lowest BCUT2D eigenvalue weighted by Crippen LogP contribution is -2.43. The molecular formula is C24H23FN6O2S. The van der Waals surface area contributed by atoms with Gasteiger partial charge in [0, 0.05) is 22.6 Å². The van der Waals surface area contributed by atoms with Gasteiger partial charge in [-0.15, -0.1) is 0 Å². The van der Waals surface area contributed by atoms with Crippen molar-refractivity contribution in [2.75, 3.05) is 0 Å². The quantitative estimate of drug-likeness (QED) is 0.299. The second-order valence-electron chi connectivity index (χ2n) is 7.91. The number of carbonyl (C=O) groups is 2. The van der Waals surface area contributed by atoms with Crippen molar-refractivity contribution < 1.29 is 14.0 Å². The number of nitrogens with zero attached hydrogens (tertiary/aromatic N) is 3. The van der Waals surface area contributed by atoms with Crippen molar-refractivity contribution in [3.63, 3.8) is 0 Å². The number of aryl methyl sites for hydroxylation is 2. The summed E-state index contributed by atoms with van der Waals surface area (Å²) in [5.41, 5.74) is 9.34. The van der Waals surface area contributed by atoms with Crippen molar-refractivity contribution in [1.29, 1.82) is 0 Å². The Labute approximate surface area is 200 Å². The van der Waals surface area contributed by atoms with Gasteiger partial charge < -0.3 is 4.57 Å². The fraction of sp³-hybridized carbons (Fsp3) is 0.167. The molecule has 2 aromatic heterocycles. The number of hydrogen-bond donors (Lipinski definition) is 3. The summed E-state index contributed by atoms with van der Waals surface area (Å²) < 4.78 is 17.0. The van der Waals surface area contributed by atoms with Crippen molar-refractivity contribution in [3.8, 4) is 17.1 Å². The highest BCUT2D eigenvalue weighted by Crippen LogP contribution is 2.21. The summed E-state index contributed by atoms with van der Waals surface area (Å²) in [5, 5.41) is 6.94. The van der Waals surface area contributed by atoms with Gasteiger partial charge in [-0.05, 0) is 69.4 Å². The number of hydrazine groups is 1. The second-order valence-corrected chi connectivity index (χ2v) is 8.29. The van der Waals surface area contributed by atoms with E-state index >= 15 is 0 Å². The zero-order valence-corrected chi connectivity index (χ0v) is 19.7. The molecule has 0 bridgehead atoms. The van der Waals surface area contributed by atoms with Gasteiger partial charge in [0.2, 0.25) is 0 Å². The van der Waals surface area contributed by atoms with Crippen LogP contribution in [0.2, 0.25) is 0 Å². The van der Waals surface area contributed by atoms with Gasteiger partial charge in [0.25, 0.3) is 11.8 Å². The van der Waals surface area contributed by atoms with E-state index in [0.29, 0.717) is 21.9 Å². The summed E-state index contributed by atoms with van der Waals surface area (Å²) in [6.07, 6.45) is 0. The Kier molecular flexibility index (Phi) is 6.42. The minimum absolute atomic E-state index is 0.131. The number of hydrogen-bond acceptors (Lipinski definition) is 4. The molecule has 0 aliphatic heterocycles. The lowest BCUT2D eigenvalue weighted by Gasteiger charge is -2.11. The molecule has 2 heterocycles. The first-order valence-corrected chi connectivity index (χ1v) is 10.9. The average Bonchev–Trinajstić information content (AvgIpc) is 3.31. The molecule has 0 fully saturated rings. The van der Waals surface area contributed by atoms with E-state index < -0.39 is 11.8 Å². The third-order valence-electron chi connectivity index (χ3n) is 5.41. The van der Waals surface area contributed by atoms with Crippen molar-refractivity contribution in [2.24, 2.45) is 0 Å². The molecule has 0 unspecified atom stereocenters. The maximum atomic E-state index is 13.3. The van der Waals surface area contributed by atoms with Crippen LogP contribution in [-0.4, -0.2) is 31.1 Å². The Morgan fingerprint density at radius 3 is 2.50 bits per heavy atom. The van der Waals surface area contributed by atoms with E-state index in [1.807, 2.05) is 42.7 Å². The highest BCUT2D eigenvalue weighted by molar-refractivity contribution is 7.71. The molecule has 0 spiro atoms. The molecule has 3 N–H and O–H groups in total. The zero-order valence-electron chi connectivity index (χ0n) is 18.8. The molecule has 0 radical (unpaired) electrons. The number of aromatic amines is 1. The predicted molar refractivity (Wildman–Crippen MR) is 128 cm³/mol. The third-order valence-corrected chi connectivity index (χ3v) is 5.72. The second kappa shape index (κ2) is 9.44. The lowest BCUT2D eigenvalue weighted by molar-refractivity contribution is -0.122. The predicted octanol–water partition coefficient (Wildman–Crippen LogP) is 3.92. The summed E-state index contributed by atoms with van der Waals surface area (Å²) in [5.74, 6) is -0.746. The number of rotatable bonds is 5. The molecule has 2 amide bonds. The Bertz CT molecular complexity index is 1430. The molecule has 2 aromatic carbocycles. The molecule has 34 heavy (non-hydrogen) atoms. The van der Waals surface area contributed by atoms with Crippen LogP contribution in [0, 0.1) is 31.4 Å². The van der Waals surface area contributed by atoms with Crippen LogP contribution in [0.15, 0.2) is 54.6 Å². The fourth-order valence-electron chi connectivity index (χ4n) is 3.83. The molecule has 0 saturated carbocycles. The Hall–Kier alpha value is -4.05. The molecule has 0 aliphatic rings. The molecule has 4 rings (SSSR count). The van der Waals surface area contributed by atoms with Gasteiger partial charge >= 0.3 is 0 Å². The zero-order chi connectivity index (χ0) is 24.4. The molecule has 0 atom stereocenters. The summed E-state index contributed by atoms with van der Waals surface area (Å²) in [4.78, 5) is 25.4. The van der Waals surface area contributed by atoms with Crippen LogP contribution in [0.5, 0.6) is 0 Å². The van der Waals surface area contributed by atoms with Crippen LogP contribution in [-0.2, 0) is 11.3 Å². The fourth-order valence-corrected chi connectivity index (χ4v) is 4.02. The summed E-state index contributed by atoms with van der Waals surface area (Å²) in [6, 6.07) is 15.4. The van der Waals surface area contributed by atoms with Gasteiger partial charge in [0.05, 0.1) is 5.56 Å². The van der Waals surface area contributed by atoms with E-state index in [0.717, 1.165) is 22.5 Å². The summed E-state index contributed by atoms with van der Waals surface area (Å²) >= 11 is 5.28. The van der Waals surface area contributed by atoms with E-state index in [1.54, 1.807) is 29.7 Å². The number of halogens is 1. The topological polar surface area (TPSA) is 96.7 Å². The Morgan fingerprint density at radius 2 is 1.79 bits per heavy atom. The first kappa shape index (κ1) is 23.1. The van der Waals surface area contributed by atoms with Crippen molar-refractivity contribution in [1.82, 2.24) is 30.2 Å². The van der Waals surface area contributed by atoms with Gasteiger partial charge in [-0.2, -0.15) is 5.10 Å². The highest BCUT2D eigenvalue weighted by atomic mass is 32.1. The summed E-state index contributed by atoms with van der Waals surface area (Å²) in [6.45, 7) is 5.46. The molecule has 174 valence electrons. The SMILES string of the molecule is Cc1cccc(-c2n[nH]c(=S)n2CC(=O)NNC(=O)c2cc(C)n(-c3ccc(F)cc3)c2C)c1. The number of benzene rings is 2. The largest absolute Gasteiger partial charge is 0.318 e. The van der Waals surface area contributed by atoms with Crippen molar-refractivity contribution >= 4 is 24.0 Å². The standard InChI is InChI=1S/C24H23FN6O2S/c1-14-5-4-6-17(11-14)22-27-29-24(34)30(22)13-21(32)26-28-23(33)20-12-15(2)31(16(20)3)19-9-7-18(25)8-10-19/h4-12H,13H2,1-3H3,(H,26,32)(H,28,33)(H,29,34). The third kappa shape index (κ3) is 4.67. The monoisotopic (exact) mass is 478 g/mol.